The first-order valence-electron chi connectivity index (χ1n) is 16.0. The summed E-state index contributed by atoms with van der Waals surface area (Å²) in [7, 11) is -2.15. The fourth-order valence-corrected chi connectivity index (χ4v) is 7.25. The molecule has 1 aliphatic heterocycles. The first-order chi connectivity index (χ1) is 19.5. The van der Waals surface area contributed by atoms with Gasteiger partial charge in [-0.15, -0.1) is 0 Å². The van der Waals surface area contributed by atoms with Gasteiger partial charge in [-0.25, -0.2) is 4.79 Å². The van der Waals surface area contributed by atoms with Crippen LogP contribution >= 0.6 is 0 Å². The van der Waals surface area contributed by atoms with Crippen LogP contribution in [0.2, 0.25) is 18.1 Å². The highest BCUT2D eigenvalue weighted by Crippen LogP contribution is 2.42. The first kappa shape index (κ1) is 34.0. The molecule has 1 heterocycles. The van der Waals surface area contributed by atoms with Gasteiger partial charge in [0.05, 0.1) is 18.8 Å². The standard InChI is InChI=1S/C33H56O7Si/c1-33(2,3)41(4,5)40-29(32(35)36)20-11-7-10-18-26-27(19-12-14-22-37-25-16-8-6-9-17-25)30(24-28(26)34)39-31-21-13-15-23-38-31/h6,8-9,16-17,26-31,34H,7,10-15,18-24H2,1-5H3,(H,35,36)/t26-,27-,28+,29?,30?,31?/m1/s1. The molecule has 3 unspecified atom stereocenters. The zero-order valence-corrected chi connectivity index (χ0v) is 27.2. The second kappa shape index (κ2) is 16.4. The Balaban J connectivity index is 1.48. The van der Waals surface area contributed by atoms with Crippen LogP contribution in [0.1, 0.15) is 97.8 Å². The summed E-state index contributed by atoms with van der Waals surface area (Å²) < 4.78 is 24.5. The summed E-state index contributed by atoms with van der Waals surface area (Å²) >= 11 is 0. The Hall–Kier alpha value is -1.45. The largest absolute Gasteiger partial charge is 0.494 e. The molecule has 0 spiro atoms. The van der Waals surface area contributed by atoms with Crippen molar-refractivity contribution < 1.29 is 33.6 Å². The van der Waals surface area contributed by atoms with Crippen molar-refractivity contribution in [1.29, 1.82) is 0 Å². The van der Waals surface area contributed by atoms with Crippen LogP contribution in [0.15, 0.2) is 30.3 Å². The zero-order valence-electron chi connectivity index (χ0n) is 26.2. The number of aliphatic carboxylic acids is 1. The maximum atomic E-state index is 11.9. The minimum atomic E-state index is -2.15. The molecule has 7 nitrogen and oxygen atoms in total. The number of rotatable bonds is 17. The van der Waals surface area contributed by atoms with Crippen molar-refractivity contribution in [3.63, 3.8) is 0 Å². The number of ether oxygens (including phenoxy) is 3. The van der Waals surface area contributed by atoms with Gasteiger partial charge in [0.2, 0.25) is 0 Å². The molecule has 0 aromatic heterocycles. The fraction of sp³-hybridized carbons (Fsp3) is 0.788. The quantitative estimate of drug-likeness (QED) is 0.142. The van der Waals surface area contributed by atoms with E-state index in [0.717, 1.165) is 76.6 Å². The molecule has 0 bridgehead atoms. The van der Waals surface area contributed by atoms with E-state index in [4.69, 9.17) is 18.6 Å². The summed E-state index contributed by atoms with van der Waals surface area (Å²) in [4.78, 5) is 11.9. The first-order valence-corrected chi connectivity index (χ1v) is 18.9. The van der Waals surface area contributed by atoms with Crippen molar-refractivity contribution in [2.24, 2.45) is 11.8 Å². The number of carboxylic acid groups (broad SMARTS) is 1. The highest BCUT2D eigenvalue weighted by Gasteiger charge is 2.44. The Morgan fingerprint density at radius 2 is 1.73 bits per heavy atom. The van der Waals surface area contributed by atoms with Gasteiger partial charge in [0.15, 0.2) is 14.6 Å². The predicted molar refractivity (Wildman–Crippen MR) is 165 cm³/mol. The Morgan fingerprint density at radius 1 is 1.02 bits per heavy atom. The van der Waals surface area contributed by atoms with E-state index >= 15 is 0 Å². The average Bonchev–Trinajstić information content (AvgIpc) is 3.21. The SMILES string of the molecule is CC(C)(C)[Si](C)(C)OC(CCCCC[C@H]1[C@@H](O)CC(OC2CCCCO2)[C@@H]1CCCCOc1ccccc1)C(=O)O. The summed E-state index contributed by atoms with van der Waals surface area (Å²) in [6.07, 6.45) is 9.71. The zero-order chi connectivity index (χ0) is 29.9. The molecule has 0 amide bonds. The monoisotopic (exact) mass is 592 g/mol. The van der Waals surface area contributed by atoms with E-state index in [1.807, 2.05) is 30.3 Å². The molecule has 41 heavy (non-hydrogen) atoms. The third-order valence-electron chi connectivity index (χ3n) is 9.43. The second-order valence-electron chi connectivity index (χ2n) is 13.6. The summed E-state index contributed by atoms with van der Waals surface area (Å²) in [6.45, 7) is 12.0. The molecule has 1 aromatic rings. The molecular weight excluding hydrogens is 536 g/mol. The maximum absolute atomic E-state index is 11.9. The highest BCUT2D eigenvalue weighted by atomic mass is 28.4. The highest BCUT2D eigenvalue weighted by molar-refractivity contribution is 6.74. The molecule has 0 radical (unpaired) electrons. The molecule has 1 aromatic carbocycles. The number of hydrogen-bond acceptors (Lipinski definition) is 6. The number of aliphatic hydroxyl groups is 1. The second-order valence-corrected chi connectivity index (χ2v) is 18.4. The third-order valence-corrected chi connectivity index (χ3v) is 13.9. The van der Waals surface area contributed by atoms with Gasteiger partial charge in [-0.3, -0.25) is 0 Å². The lowest BCUT2D eigenvalue weighted by atomic mass is 9.85. The Labute approximate surface area is 249 Å². The summed E-state index contributed by atoms with van der Waals surface area (Å²) in [5, 5.41) is 20.8. The van der Waals surface area contributed by atoms with Gasteiger partial charge in [0.1, 0.15) is 11.9 Å². The van der Waals surface area contributed by atoms with Crippen molar-refractivity contribution in [1.82, 2.24) is 0 Å². The van der Waals surface area contributed by atoms with E-state index in [1.165, 1.54) is 0 Å². The van der Waals surface area contributed by atoms with Crippen LogP contribution in [0.4, 0.5) is 0 Å². The van der Waals surface area contributed by atoms with Crippen molar-refractivity contribution in [2.45, 2.75) is 141 Å². The van der Waals surface area contributed by atoms with Gasteiger partial charge in [-0.2, -0.15) is 0 Å². The van der Waals surface area contributed by atoms with Gasteiger partial charge in [0.25, 0.3) is 0 Å². The van der Waals surface area contributed by atoms with Crippen LogP contribution in [-0.2, 0) is 18.7 Å². The summed E-state index contributed by atoms with van der Waals surface area (Å²) in [6, 6.07) is 9.92. The molecule has 2 N–H and O–H groups in total. The number of unbranched alkanes of at least 4 members (excludes halogenated alkanes) is 3. The number of para-hydroxylation sites is 1. The van der Waals surface area contributed by atoms with Crippen molar-refractivity contribution in [3.8, 4) is 5.75 Å². The Bertz CT molecular complexity index is 881. The van der Waals surface area contributed by atoms with Crippen LogP contribution in [0.25, 0.3) is 0 Å². The minimum absolute atomic E-state index is 0.0162. The lowest BCUT2D eigenvalue weighted by Gasteiger charge is -2.38. The fourth-order valence-electron chi connectivity index (χ4n) is 5.97. The Morgan fingerprint density at radius 3 is 2.39 bits per heavy atom. The van der Waals surface area contributed by atoms with Crippen LogP contribution in [0.3, 0.4) is 0 Å². The molecule has 3 rings (SSSR count). The van der Waals surface area contributed by atoms with Gasteiger partial charge in [0, 0.05) is 13.0 Å². The smallest absolute Gasteiger partial charge is 0.331 e. The topological polar surface area (TPSA) is 94.5 Å². The molecule has 1 aliphatic carbocycles. The molecule has 1 saturated carbocycles. The number of carbonyl (C=O) groups is 1. The van der Waals surface area contributed by atoms with E-state index in [9.17, 15) is 15.0 Å². The number of carboxylic acids is 1. The normalized spacial score (nSPS) is 26.1. The van der Waals surface area contributed by atoms with Crippen molar-refractivity contribution in [2.75, 3.05) is 13.2 Å². The molecule has 2 fully saturated rings. The lowest BCUT2D eigenvalue weighted by molar-refractivity contribution is -0.196. The van der Waals surface area contributed by atoms with Gasteiger partial charge in [-0.05, 0) is 93.5 Å². The molecule has 1 saturated heterocycles. The van der Waals surface area contributed by atoms with E-state index in [2.05, 4.69) is 33.9 Å². The number of aliphatic hydroxyl groups excluding tert-OH is 1. The average molecular weight is 593 g/mol. The van der Waals surface area contributed by atoms with Gasteiger partial charge in [-0.1, -0.05) is 58.2 Å². The van der Waals surface area contributed by atoms with Crippen LogP contribution in [-0.4, -0.2) is 62.3 Å². The molecular formula is C33H56O7Si. The maximum Gasteiger partial charge on any atom is 0.331 e. The van der Waals surface area contributed by atoms with Crippen molar-refractivity contribution >= 4 is 14.3 Å². The van der Waals surface area contributed by atoms with Crippen LogP contribution < -0.4 is 4.74 Å². The van der Waals surface area contributed by atoms with Crippen molar-refractivity contribution in [3.05, 3.63) is 30.3 Å². The van der Waals surface area contributed by atoms with E-state index in [-0.39, 0.29) is 29.5 Å². The van der Waals surface area contributed by atoms with Gasteiger partial charge >= 0.3 is 5.97 Å². The molecule has 2 aliphatic rings. The van der Waals surface area contributed by atoms with Gasteiger partial charge < -0.3 is 28.8 Å². The number of hydrogen-bond donors (Lipinski definition) is 2. The van der Waals surface area contributed by atoms with E-state index < -0.39 is 20.4 Å². The molecule has 234 valence electrons. The predicted octanol–water partition coefficient (Wildman–Crippen LogP) is 7.57. The summed E-state index contributed by atoms with van der Waals surface area (Å²) in [5.74, 6) is 0.526. The van der Waals surface area contributed by atoms with Crippen LogP contribution in [0.5, 0.6) is 5.75 Å². The molecule has 6 atom stereocenters. The molecule has 8 heteroatoms. The lowest BCUT2D eigenvalue weighted by Crippen LogP contribution is -2.46. The van der Waals surface area contributed by atoms with E-state index in [1.54, 1.807) is 0 Å². The minimum Gasteiger partial charge on any atom is -0.494 e. The number of benzene rings is 1. The van der Waals surface area contributed by atoms with E-state index in [0.29, 0.717) is 25.4 Å². The summed E-state index contributed by atoms with van der Waals surface area (Å²) in [5.41, 5.74) is 0. The third kappa shape index (κ3) is 11.0. The Kier molecular flexibility index (Phi) is 13.6. The van der Waals surface area contributed by atoms with Crippen LogP contribution in [0, 0.1) is 11.8 Å².